The van der Waals surface area contributed by atoms with Crippen LogP contribution in [0.3, 0.4) is 0 Å². The fraction of sp³-hybridized carbons (Fsp3) is 0.750. The summed E-state index contributed by atoms with van der Waals surface area (Å²) in [5.74, 6) is 1.13. The van der Waals surface area contributed by atoms with Gasteiger partial charge in [0, 0.05) is 6.42 Å². The average molecular weight is 447 g/mol. The SMILES string of the molecule is O=C(O)CCCCCCCCCCCCCCCCCCCCc1ccc2c(c1)OCO2. The molecule has 0 bridgehead atoms. The Labute approximate surface area is 196 Å². The first-order valence-electron chi connectivity index (χ1n) is 13.4. The van der Waals surface area contributed by atoms with Crippen molar-refractivity contribution in [2.75, 3.05) is 6.79 Å². The van der Waals surface area contributed by atoms with Gasteiger partial charge in [-0.25, -0.2) is 0 Å². The minimum atomic E-state index is -0.657. The van der Waals surface area contributed by atoms with Crippen LogP contribution >= 0.6 is 0 Å². The van der Waals surface area contributed by atoms with Gasteiger partial charge in [0.15, 0.2) is 11.5 Å². The van der Waals surface area contributed by atoms with Crippen LogP contribution in [0.1, 0.15) is 128 Å². The number of carboxylic acids is 1. The molecule has 1 aliphatic heterocycles. The average Bonchev–Trinajstić information content (AvgIpc) is 3.25. The second-order valence-corrected chi connectivity index (χ2v) is 9.45. The summed E-state index contributed by atoms with van der Waals surface area (Å²) in [6.45, 7) is 0.360. The van der Waals surface area contributed by atoms with E-state index in [0.717, 1.165) is 30.8 Å². The van der Waals surface area contributed by atoms with Crippen LogP contribution in [0.4, 0.5) is 0 Å². The van der Waals surface area contributed by atoms with Crippen molar-refractivity contribution in [3.63, 3.8) is 0 Å². The minimum absolute atomic E-state index is 0.337. The quantitative estimate of drug-likeness (QED) is 0.192. The molecule has 4 heteroatoms. The molecule has 0 unspecified atom stereocenters. The van der Waals surface area contributed by atoms with Crippen LogP contribution < -0.4 is 9.47 Å². The molecule has 2 rings (SSSR count). The molecule has 1 aromatic carbocycles. The lowest BCUT2D eigenvalue weighted by atomic mass is 10.0. The van der Waals surface area contributed by atoms with E-state index in [1.807, 2.05) is 6.07 Å². The Bertz CT molecular complexity index is 613. The molecule has 0 saturated carbocycles. The zero-order valence-electron chi connectivity index (χ0n) is 20.3. The van der Waals surface area contributed by atoms with E-state index in [0.29, 0.717) is 13.2 Å². The smallest absolute Gasteiger partial charge is 0.303 e. The monoisotopic (exact) mass is 446 g/mol. The Morgan fingerprint density at radius 3 is 1.56 bits per heavy atom. The fourth-order valence-corrected chi connectivity index (χ4v) is 4.53. The van der Waals surface area contributed by atoms with E-state index in [4.69, 9.17) is 14.6 Å². The lowest BCUT2D eigenvalue weighted by Gasteiger charge is -2.05. The number of aryl methyl sites for hydroxylation is 1. The van der Waals surface area contributed by atoms with Gasteiger partial charge in [0.2, 0.25) is 6.79 Å². The van der Waals surface area contributed by atoms with Gasteiger partial charge in [-0.05, 0) is 37.0 Å². The Kier molecular flexibility index (Phi) is 14.8. The summed E-state index contributed by atoms with van der Waals surface area (Å²) in [4.78, 5) is 10.4. The summed E-state index contributed by atoms with van der Waals surface area (Å²) < 4.78 is 10.8. The summed E-state index contributed by atoms with van der Waals surface area (Å²) in [6.07, 6.45) is 25.1. The minimum Gasteiger partial charge on any atom is -0.481 e. The zero-order valence-corrected chi connectivity index (χ0v) is 20.3. The largest absolute Gasteiger partial charge is 0.481 e. The molecule has 1 aliphatic rings. The lowest BCUT2D eigenvalue weighted by molar-refractivity contribution is -0.137. The van der Waals surface area contributed by atoms with E-state index in [9.17, 15) is 4.79 Å². The van der Waals surface area contributed by atoms with Gasteiger partial charge in [-0.3, -0.25) is 4.79 Å². The van der Waals surface area contributed by atoms with Gasteiger partial charge in [0.05, 0.1) is 0 Å². The Morgan fingerprint density at radius 1 is 0.625 bits per heavy atom. The van der Waals surface area contributed by atoms with E-state index < -0.39 is 5.97 Å². The highest BCUT2D eigenvalue weighted by molar-refractivity contribution is 5.66. The molecular weight excluding hydrogens is 400 g/mol. The molecule has 0 radical (unpaired) electrons. The molecule has 0 amide bonds. The summed E-state index contributed by atoms with van der Waals surface area (Å²) in [5.41, 5.74) is 1.36. The third kappa shape index (κ3) is 13.0. The van der Waals surface area contributed by atoms with Crippen molar-refractivity contribution < 1.29 is 19.4 Å². The van der Waals surface area contributed by atoms with Gasteiger partial charge in [0.25, 0.3) is 0 Å². The Balaban J connectivity index is 1.24. The number of hydrogen-bond donors (Lipinski definition) is 1. The molecule has 1 heterocycles. The van der Waals surface area contributed by atoms with Crippen molar-refractivity contribution in [3.8, 4) is 11.5 Å². The number of ether oxygens (including phenoxy) is 2. The topological polar surface area (TPSA) is 55.8 Å². The number of hydrogen-bond acceptors (Lipinski definition) is 3. The predicted octanol–water partition coefficient (Wildman–Crippen LogP) is 8.45. The van der Waals surface area contributed by atoms with Gasteiger partial charge >= 0.3 is 5.97 Å². The van der Waals surface area contributed by atoms with E-state index >= 15 is 0 Å². The van der Waals surface area contributed by atoms with Crippen LogP contribution in [0, 0.1) is 0 Å². The van der Waals surface area contributed by atoms with Crippen LogP contribution in [0.25, 0.3) is 0 Å². The van der Waals surface area contributed by atoms with Crippen molar-refractivity contribution in [2.45, 2.75) is 128 Å². The summed E-state index contributed by atoms with van der Waals surface area (Å²) >= 11 is 0. The number of carbonyl (C=O) groups is 1. The molecule has 0 saturated heterocycles. The molecule has 1 aromatic rings. The molecule has 0 aliphatic carbocycles. The maximum Gasteiger partial charge on any atom is 0.303 e. The van der Waals surface area contributed by atoms with Crippen molar-refractivity contribution in [1.29, 1.82) is 0 Å². The van der Waals surface area contributed by atoms with Crippen molar-refractivity contribution in [2.24, 2.45) is 0 Å². The van der Waals surface area contributed by atoms with E-state index in [1.54, 1.807) is 0 Å². The van der Waals surface area contributed by atoms with Crippen molar-refractivity contribution in [1.82, 2.24) is 0 Å². The van der Waals surface area contributed by atoms with Gasteiger partial charge in [0.1, 0.15) is 0 Å². The van der Waals surface area contributed by atoms with Crippen molar-refractivity contribution in [3.05, 3.63) is 23.8 Å². The third-order valence-electron chi connectivity index (χ3n) is 6.54. The molecule has 0 atom stereocenters. The molecule has 0 fully saturated rings. The van der Waals surface area contributed by atoms with Gasteiger partial charge in [-0.15, -0.1) is 0 Å². The number of unbranched alkanes of at least 4 members (excludes halogenated alkanes) is 17. The van der Waals surface area contributed by atoms with Crippen LogP contribution in [0.15, 0.2) is 18.2 Å². The Hall–Kier alpha value is -1.71. The highest BCUT2D eigenvalue weighted by Crippen LogP contribution is 2.32. The van der Waals surface area contributed by atoms with Gasteiger partial charge in [-0.1, -0.05) is 109 Å². The fourth-order valence-electron chi connectivity index (χ4n) is 4.53. The Morgan fingerprint density at radius 2 is 1.06 bits per heavy atom. The number of fused-ring (bicyclic) bond motifs is 1. The maximum atomic E-state index is 10.4. The standard InChI is InChI=1S/C28H46O4/c29-28(30)20-18-16-14-12-10-8-6-4-2-1-3-5-7-9-11-13-15-17-19-25-21-22-26-27(23-25)32-24-31-26/h21-23H,1-20,24H2,(H,29,30). The van der Waals surface area contributed by atoms with Gasteiger partial charge < -0.3 is 14.6 Å². The van der Waals surface area contributed by atoms with Crippen LogP contribution in [0.2, 0.25) is 0 Å². The van der Waals surface area contributed by atoms with Crippen LogP contribution in [-0.2, 0) is 11.2 Å². The van der Waals surface area contributed by atoms with E-state index in [-0.39, 0.29) is 0 Å². The summed E-state index contributed by atoms with van der Waals surface area (Å²) in [7, 11) is 0. The summed E-state index contributed by atoms with van der Waals surface area (Å²) in [6, 6.07) is 6.34. The van der Waals surface area contributed by atoms with Crippen molar-refractivity contribution >= 4 is 5.97 Å². The first kappa shape index (κ1) is 26.5. The highest BCUT2D eigenvalue weighted by atomic mass is 16.7. The van der Waals surface area contributed by atoms with Crippen LogP contribution in [-0.4, -0.2) is 17.9 Å². The zero-order chi connectivity index (χ0) is 22.7. The molecule has 1 N–H and O–H groups in total. The predicted molar refractivity (Wildman–Crippen MR) is 132 cm³/mol. The molecule has 0 aromatic heterocycles. The van der Waals surface area contributed by atoms with E-state index in [1.165, 1.54) is 108 Å². The normalized spacial score (nSPS) is 12.4. The molecule has 4 nitrogen and oxygen atoms in total. The maximum absolute atomic E-state index is 10.4. The second kappa shape index (κ2) is 17.8. The number of carboxylic acid groups (broad SMARTS) is 1. The molecule has 32 heavy (non-hydrogen) atoms. The number of benzene rings is 1. The highest BCUT2D eigenvalue weighted by Gasteiger charge is 2.12. The third-order valence-corrected chi connectivity index (χ3v) is 6.54. The molecular formula is C28H46O4. The van der Waals surface area contributed by atoms with E-state index in [2.05, 4.69) is 12.1 Å². The van der Waals surface area contributed by atoms with Gasteiger partial charge in [-0.2, -0.15) is 0 Å². The summed E-state index contributed by atoms with van der Waals surface area (Å²) in [5, 5.41) is 8.60. The first-order chi connectivity index (χ1) is 15.8. The molecule has 182 valence electrons. The number of rotatable bonds is 21. The second-order valence-electron chi connectivity index (χ2n) is 9.45. The van der Waals surface area contributed by atoms with Crippen LogP contribution in [0.5, 0.6) is 11.5 Å². The first-order valence-corrected chi connectivity index (χ1v) is 13.4. The number of aliphatic carboxylic acids is 1. The lowest BCUT2D eigenvalue weighted by Crippen LogP contribution is -1.93. The molecule has 0 spiro atoms.